The lowest BCUT2D eigenvalue weighted by Crippen LogP contribution is -2.26. The van der Waals surface area contributed by atoms with Gasteiger partial charge in [-0.05, 0) is 6.07 Å². The fourth-order valence-corrected chi connectivity index (χ4v) is 1.39. The zero-order valence-electron chi connectivity index (χ0n) is 8.37. The molecule has 0 unspecified atom stereocenters. The zero-order valence-corrected chi connectivity index (χ0v) is 10.5. The highest BCUT2D eigenvalue weighted by molar-refractivity contribution is 14.1. The van der Waals surface area contributed by atoms with Crippen LogP contribution in [0.3, 0.4) is 0 Å². The molecule has 0 radical (unpaired) electrons. The second kappa shape index (κ2) is 5.84. The quantitative estimate of drug-likeness (QED) is 0.388. The first-order valence-electron chi connectivity index (χ1n) is 4.45. The van der Waals surface area contributed by atoms with E-state index in [2.05, 4.69) is 5.32 Å². The predicted octanol–water partition coefficient (Wildman–Crippen LogP) is 2.04. The first-order chi connectivity index (χ1) is 7.97. The van der Waals surface area contributed by atoms with Crippen molar-refractivity contribution in [2.24, 2.45) is 0 Å². The molecule has 0 fully saturated rings. The lowest BCUT2D eigenvalue weighted by atomic mass is 10.1. The third-order valence-corrected chi connectivity index (χ3v) is 2.40. The van der Waals surface area contributed by atoms with Gasteiger partial charge >= 0.3 is 0 Å². The van der Waals surface area contributed by atoms with Gasteiger partial charge in [-0.3, -0.25) is 14.9 Å². The van der Waals surface area contributed by atoms with E-state index >= 15 is 0 Å². The average Bonchev–Trinajstić information content (AvgIpc) is 2.28. The van der Waals surface area contributed by atoms with Crippen LogP contribution in [0.25, 0.3) is 0 Å². The molecule has 0 aliphatic heterocycles. The minimum absolute atomic E-state index is 0.287. The molecule has 0 saturated carbocycles. The molecular weight excluding hydrogens is 349 g/mol. The van der Waals surface area contributed by atoms with Crippen molar-refractivity contribution in [2.45, 2.75) is 0 Å². The van der Waals surface area contributed by atoms with Crippen LogP contribution in [0.2, 0.25) is 0 Å². The van der Waals surface area contributed by atoms with Gasteiger partial charge in [0.2, 0.25) is 0 Å². The van der Waals surface area contributed by atoms with E-state index < -0.39 is 33.7 Å². The maximum Gasteiger partial charge on any atom is 0.285 e. The number of rotatable bonds is 4. The van der Waals surface area contributed by atoms with Crippen molar-refractivity contribution >= 4 is 34.2 Å². The van der Waals surface area contributed by atoms with Crippen molar-refractivity contribution in [3.63, 3.8) is 0 Å². The molecule has 92 valence electrons. The molecule has 0 aliphatic carbocycles. The summed E-state index contributed by atoms with van der Waals surface area (Å²) in [5, 5.41) is 12.9. The molecule has 1 aromatic rings. The molecule has 1 rings (SSSR count). The number of alkyl halides is 1. The first-order valence-corrected chi connectivity index (χ1v) is 5.97. The molecule has 0 atom stereocenters. The van der Waals surface area contributed by atoms with Gasteiger partial charge in [0.1, 0.15) is 5.56 Å². The zero-order chi connectivity index (χ0) is 13.0. The van der Waals surface area contributed by atoms with Gasteiger partial charge in [-0.1, -0.05) is 22.6 Å². The maximum atomic E-state index is 12.9. The second-order valence-corrected chi connectivity index (χ2v) is 4.06. The number of hydrogen-bond donors (Lipinski definition) is 1. The predicted molar refractivity (Wildman–Crippen MR) is 64.2 cm³/mol. The number of halogens is 3. The van der Waals surface area contributed by atoms with Gasteiger partial charge in [0.25, 0.3) is 11.6 Å². The Morgan fingerprint density at radius 2 is 2.00 bits per heavy atom. The van der Waals surface area contributed by atoms with Gasteiger partial charge in [0.15, 0.2) is 11.6 Å². The number of nitrogens with zero attached hydrogens (tertiary/aromatic N) is 1. The molecule has 0 bridgehead atoms. The minimum Gasteiger partial charge on any atom is -0.351 e. The van der Waals surface area contributed by atoms with Crippen LogP contribution in [0.15, 0.2) is 12.1 Å². The SMILES string of the molecule is O=C(NCCI)c1cc(F)c(F)cc1[N+](=O)[O-]. The third kappa shape index (κ3) is 3.32. The van der Waals surface area contributed by atoms with Crippen LogP contribution in [0, 0.1) is 21.7 Å². The van der Waals surface area contributed by atoms with Gasteiger partial charge < -0.3 is 5.32 Å². The van der Waals surface area contributed by atoms with E-state index in [1.54, 1.807) is 0 Å². The molecule has 8 heteroatoms. The highest BCUT2D eigenvalue weighted by atomic mass is 127. The largest absolute Gasteiger partial charge is 0.351 e. The van der Waals surface area contributed by atoms with Crippen LogP contribution in [0.5, 0.6) is 0 Å². The highest BCUT2D eigenvalue weighted by Crippen LogP contribution is 2.22. The molecule has 1 amide bonds. The van der Waals surface area contributed by atoms with Crippen LogP contribution in [-0.4, -0.2) is 21.8 Å². The molecule has 0 spiro atoms. The number of benzene rings is 1. The van der Waals surface area contributed by atoms with Gasteiger partial charge in [-0.2, -0.15) is 0 Å². The summed E-state index contributed by atoms with van der Waals surface area (Å²) in [6, 6.07) is 0.921. The Morgan fingerprint density at radius 1 is 1.41 bits per heavy atom. The first kappa shape index (κ1) is 13.7. The molecule has 0 heterocycles. The molecule has 0 aromatic heterocycles. The number of carbonyl (C=O) groups excluding carboxylic acids is 1. The lowest BCUT2D eigenvalue weighted by Gasteiger charge is -2.04. The Kier molecular flexibility index (Phi) is 4.73. The van der Waals surface area contributed by atoms with Crippen molar-refractivity contribution in [1.29, 1.82) is 0 Å². The van der Waals surface area contributed by atoms with E-state index in [1.165, 1.54) is 0 Å². The van der Waals surface area contributed by atoms with Crippen molar-refractivity contribution in [3.8, 4) is 0 Å². The number of nitrogens with one attached hydrogen (secondary N) is 1. The Labute approximate surface area is 108 Å². The maximum absolute atomic E-state index is 12.9. The van der Waals surface area contributed by atoms with Gasteiger partial charge in [0, 0.05) is 11.0 Å². The number of carbonyl (C=O) groups is 1. The van der Waals surface area contributed by atoms with Crippen molar-refractivity contribution < 1.29 is 18.5 Å². The number of nitro groups is 1. The van der Waals surface area contributed by atoms with E-state index in [9.17, 15) is 23.7 Å². The summed E-state index contributed by atoms with van der Waals surface area (Å²) in [5.74, 6) is -3.45. The summed E-state index contributed by atoms with van der Waals surface area (Å²) in [4.78, 5) is 21.2. The highest BCUT2D eigenvalue weighted by Gasteiger charge is 2.23. The van der Waals surface area contributed by atoms with E-state index in [-0.39, 0.29) is 6.54 Å². The summed E-state index contributed by atoms with van der Waals surface area (Å²) in [6.45, 7) is 0.287. The average molecular weight is 356 g/mol. The van der Waals surface area contributed by atoms with Crippen molar-refractivity contribution in [1.82, 2.24) is 5.32 Å². The minimum atomic E-state index is -1.36. The second-order valence-electron chi connectivity index (χ2n) is 2.99. The summed E-state index contributed by atoms with van der Waals surface area (Å²) in [6.07, 6.45) is 0. The van der Waals surface area contributed by atoms with E-state index in [0.717, 1.165) is 0 Å². The molecule has 5 nitrogen and oxygen atoms in total. The van der Waals surface area contributed by atoms with Gasteiger partial charge in [0.05, 0.1) is 11.0 Å². The summed E-state index contributed by atoms with van der Waals surface area (Å²) in [7, 11) is 0. The Bertz CT molecular complexity index is 468. The van der Waals surface area contributed by atoms with E-state index in [4.69, 9.17) is 0 Å². The topological polar surface area (TPSA) is 72.2 Å². The Hall–Kier alpha value is -1.32. The molecule has 17 heavy (non-hydrogen) atoms. The van der Waals surface area contributed by atoms with E-state index in [0.29, 0.717) is 16.6 Å². The van der Waals surface area contributed by atoms with Gasteiger partial charge in [-0.25, -0.2) is 8.78 Å². The van der Waals surface area contributed by atoms with E-state index in [1.807, 2.05) is 22.6 Å². The molecule has 1 N–H and O–H groups in total. The smallest absolute Gasteiger partial charge is 0.285 e. The normalized spacial score (nSPS) is 10.1. The molecule has 0 aliphatic rings. The van der Waals surface area contributed by atoms with Gasteiger partial charge in [-0.15, -0.1) is 0 Å². The summed E-state index contributed by atoms with van der Waals surface area (Å²) < 4.78 is 26.3. The summed E-state index contributed by atoms with van der Waals surface area (Å²) >= 11 is 1.99. The van der Waals surface area contributed by atoms with Crippen molar-refractivity contribution in [3.05, 3.63) is 39.4 Å². The van der Waals surface area contributed by atoms with Crippen molar-refractivity contribution in [2.75, 3.05) is 11.0 Å². The third-order valence-electron chi connectivity index (χ3n) is 1.86. The van der Waals surface area contributed by atoms with Crippen LogP contribution in [-0.2, 0) is 0 Å². The van der Waals surface area contributed by atoms with Crippen LogP contribution in [0.4, 0.5) is 14.5 Å². The monoisotopic (exact) mass is 356 g/mol. The molecule has 0 saturated heterocycles. The number of amides is 1. The fourth-order valence-electron chi connectivity index (χ4n) is 1.13. The fraction of sp³-hybridized carbons (Fsp3) is 0.222. The van der Waals surface area contributed by atoms with Crippen LogP contribution < -0.4 is 5.32 Å². The van der Waals surface area contributed by atoms with Crippen LogP contribution >= 0.6 is 22.6 Å². The Balaban J connectivity index is 3.16. The molecule has 1 aromatic carbocycles. The number of nitro benzene ring substituents is 1. The van der Waals surface area contributed by atoms with Crippen LogP contribution in [0.1, 0.15) is 10.4 Å². The Morgan fingerprint density at radius 3 is 2.53 bits per heavy atom. The lowest BCUT2D eigenvalue weighted by molar-refractivity contribution is -0.385. The number of hydrogen-bond acceptors (Lipinski definition) is 3. The standard InChI is InChI=1S/C9H7F2IN2O3/c10-6-3-5(9(15)13-2-1-12)8(14(16)17)4-7(6)11/h3-4H,1-2H2,(H,13,15). The summed E-state index contributed by atoms with van der Waals surface area (Å²) in [5.41, 5.74) is -1.24. The molecular formula is C9H7F2IN2O3.